The molecule has 0 unspecified atom stereocenters. The second-order valence-electron chi connectivity index (χ2n) is 7.57. The van der Waals surface area contributed by atoms with Gasteiger partial charge in [-0.25, -0.2) is 0 Å². The fourth-order valence-electron chi connectivity index (χ4n) is 5.21. The molecule has 0 aliphatic heterocycles. The molecule has 100 valence electrons. The molecule has 0 spiro atoms. The number of nitrogens with one attached hydrogen (secondary N) is 1. The lowest BCUT2D eigenvalue weighted by molar-refractivity contribution is -0.147. The lowest BCUT2D eigenvalue weighted by atomic mass is 9.49. The molecule has 2 nitrogen and oxygen atoms in total. The third-order valence-electron chi connectivity index (χ3n) is 6.01. The highest BCUT2D eigenvalue weighted by molar-refractivity contribution is 9.09. The van der Waals surface area contributed by atoms with Crippen molar-refractivity contribution in [2.45, 2.75) is 56.9 Å². The molecular formula is C15H22BrNO. The molecule has 0 saturated heterocycles. The summed E-state index contributed by atoms with van der Waals surface area (Å²) >= 11 is 3.56. The van der Waals surface area contributed by atoms with Crippen LogP contribution in [0.2, 0.25) is 0 Å². The van der Waals surface area contributed by atoms with E-state index in [1.807, 2.05) is 0 Å². The topological polar surface area (TPSA) is 29.1 Å². The zero-order valence-corrected chi connectivity index (χ0v) is 12.5. The van der Waals surface area contributed by atoms with Crippen LogP contribution in [0.5, 0.6) is 0 Å². The third-order valence-corrected chi connectivity index (χ3v) is 7.08. The third kappa shape index (κ3) is 1.69. The van der Waals surface area contributed by atoms with E-state index in [0.717, 1.165) is 35.9 Å². The van der Waals surface area contributed by atoms with Crippen LogP contribution in [0.4, 0.5) is 0 Å². The van der Waals surface area contributed by atoms with Crippen molar-refractivity contribution >= 4 is 21.8 Å². The summed E-state index contributed by atoms with van der Waals surface area (Å²) in [5.74, 6) is 2.99. The van der Waals surface area contributed by atoms with Crippen molar-refractivity contribution in [1.29, 1.82) is 0 Å². The van der Waals surface area contributed by atoms with Gasteiger partial charge in [0, 0.05) is 16.3 Å². The molecular weight excluding hydrogens is 290 g/mol. The molecule has 4 bridgehead atoms. The summed E-state index contributed by atoms with van der Waals surface area (Å²) in [4.78, 5) is 12.8. The normalized spacial score (nSPS) is 47.1. The number of carbonyl (C=O) groups excluding carboxylic acids is 1. The van der Waals surface area contributed by atoms with Gasteiger partial charge in [-0.15, -0.1) is 0 Å². The Morgan fingerprint density at radius 2 is 1.56 bits per heavy atom. The van der Waals surface area contributed by atoms with Gasteiger partial charge in [-0.3, -0.25) is 4.79 Å². The van der Waals surface area contributed by atoms with Crippen LogP contribution < -0.4 is 5.32 Å². The Hall–Kier alpha value is -0.0500. The summed E-state index contributed by atoms with van der Waals surface area (Å²) < 4.78 is 0. The number of carbonyl (C=O) groups is 1. The van der Waals surface area contributed by atoms with Gasteiger partial charge in [0.25, 0.3) is 0 Å². The quantitative estimate of drug-likeness (QED) is 0.796. The molecule has 0 aromatic carbocycles. The average Bonchev–Trinajstić information content (AvgIpc) is 3.07. The zero-order valence-electron chi connectivity index (χ0n) is 10.9. The summed E-state index contributed by atoms with van der Waals surface area (Å²) in [6, 6.07) is 0. The highest BCUT2D eigenvalue weighted by atomic mass is 79.9. The molecule has 0 radical (unpaired) electrons. The van der Waals surface area contributed by atoms with Gasteiger partial charge < -0.3 is 5.32 Å². The minimum atomic E-state index is 0.0342. The van der Waals surface area contributed by atoms with Crippen molar-refractivity contribution in [2.75, 3.05) is 5.33 Å². The minimum Gasteiger partial charge on any atom is -0.349 e. The van der Waals surface area contributed by atoms with E-state index in [1.165, 1.54) is 38.5 Å². The molecule has 5 aliphatic carbocycles. The Balaban J connectivity index is 1.54. The largest absolute Gasteiger partial charge is 0.349 e. The van der Waals surface area contributed by atoms with Crippen LogP contribution in [0.25, 0.3) is 0 Å². The van der Waals surface area contributed by atoms with E-state index < -0.39 is 0 Å². The van der Waals surface area contributed by atoms with Gasteiger partial charge in [0.1, 0.15) is 0 Å². The highest BCUT2D eigenvalue weighted by Crippen LogP contribution is 2.60. The van der Waals surface area contributed by atoms with Crippen LogP contribution >= 0.6 is 15.9 Å². The maximum Gasteiger partial charge on any atom is 0.226 e. The number of amides is 1. The van der Waals surface area contributed by atoms with Crippen LogP contribution in [-0.2, 0) is 4.79 Å². The number of alkyl halides is 1. The van der Waals surface area contributed by atoms with Crippen molar-refractivity contribution in [3.05, 3.63) is 0 Å². The average molecular weight is 312 g/mol. The highest BCUT2D eigenvalue weighted by Gasteiger charge is 2.56. The maximum absolute atomic E-state index is 12.8. The molecule has 0 heterocycles. The summed E-state index contributed by atoms with van der Waals surface area (Å²) in [5.41, 5.74) is 0.160. The smallest absolute Gasteiger partial charge is 0.226 e. The molecule has 1 amide bonds. The van der Waals surface area contributed by atoms with Crippen LogP contribution in [0.1, 0.15) is 51.4 Å². The molecule has 3 heteroatoms. The predicted octanol–water partition coefficient (Wildman–Crippen LogP) is 3.25. The Morgan fingerprint density at radius 3 is 1.94 bits per heavy atom. The molecule has 18 heavy (non-hydrogen) atoms. The summed E-state index contributed by atoms with van der Waals surface area (Å²) in [6.07, 6.45) is 10.1. The monoisotopic (exact) mass is 311 g/mol. The van der Waals surface area contributed by atoms with Crippen molar-refractivity contribution in [3.63, 3.8) is 0 Å². The first-order valence-electron chi connectivity index (χ1n) is 7.52. The van der Waals surface area contributed by atoms with Gasteiger partial charge in [0.15, 0.2) is 0 Å². The van der Waals surface area contributed by atoms with E-state index in [2.05, 4.69) is 21.2 Å². The molecule has 0 atom stereocenters. The molecule has 5 rings (SSSR count). The van der Waals surface area contributed by atoms with E-state index in [1.54, 1.807) is 0 Å². The number of rotatable bonds is 3. The molecule has 5 saturated carbocycles. The Morgan fingerprint density at radius 1 is 1.06 bits per heavy atom. The summed E-state index contributed by atoms with van der Waals surface area (Å²) in [5, 5.41) is 4.32. The zero-order chi connectivity index (χ0) is 12.4. The van der Waals surface area contributed by atoms with Gasteiger partial charge >= 0.3 is 0 Å². The van der Waals surface area contributed by atoms with Crippen molar-refractivity contribution < 1.29 is 4.79 Å². The maximum atomic E-state index is 12.8. The van der Waals surface area contributed by atoms with Crippen LogP contribution in [0, 0.1) is 23.2 Å². The molecule has 0 aromatic rings. The Labute approximate surface area is 117 Å². The number of halogens is 1. The fraction of sp³-hybridized carbons (Fsp3) is 0.933. The van der Waals surface area contributed by atoms with Gasteiger partial charge in [-0.1, -0.05) is 15.9 Å². The van der Waals surface area contributed by atoms with Gasteiger partial charge in [0.2, 0.25) is 5.91 Å². The van der Waals surface area contributed by atoms with Crippen molar-refractivity contribution in [2.24, 2.45) is 23.2 Å². The second-order valence-corrected chi connectivity index (χ2v) is 8.13. The number of hydrogen-bond acceptors (Lipinski definition) is 1. The second kappa shape index (κ2) is 3.74. The first kappa shape index (κ1) is 11.7. The number of hydrogen-bond donors (Lipinski definition) is 1. The van der Waals surface area contributed by atoms with E-state index in [4.69, 9.17) is 0 Å². The van der Waals surface area contributed by atoms with E-state index >= 15 is 0 Å². The Bertz CT molecular complexity index is 353. The van der Waals surface area contributed by atoms with E-state index in [-0.39, 0.29) is 11.0 Å². The van der Waals surface area contributed by atoms with Crippen LogP contribution in [0.3, 0.4) is 0 Å². The van der Waals surface area contributed by atoms with Gasteiger partial charge in [-0.05, 0) is 69.1 Å². The Kier molecular flexibility index (Phi) is 2.44. The van der Waals surface area contributed by atoms with Gasteiger partial charge in [0.05, 0.1) is 0 Å². The minimum absolute atomic E-state index is 0.0342. The molecule has 5 fully saturated rings. The summed E-state index contributed by atoms with van der Waals surface area (Å²) in [6.45, 7) is 0. The first-order chi connectivity index (χ1) is 8.63. The lowest BCUT2D eigenvalue weighted by Crippen LogP contribution is -2.56. The van der Waals surface area contributed by atoms with Crippen LogP contribution in [-0.4, -0.2) is 16.8 Å². The first-order valence-corrected chi connectivity index (χ1v) is 8.64. The summed E-state index contributed by atoms with van der Waals surface area (Å²) in [7, 11) is 0. The van der Waals surface area contributed by atoms with E-state index in [0.29, 0.717) is 5.91 Å². The molecule has 0 aromatic heterocycles. The lowest BCUT2D eigenvalue weighted by Gasteiger charge is -2.55. The van der Waals surface area contributed by atoms with Gasteiger partial charge in [-0.2, -0.15) is 0 Å². The SMILES string of the molecule is O=C(NC1(CBr)CC1)C12CC3CC(CC(C3)C1)C2. The molecule has 5 aliphatic rings. The predicted molar refractivity (Wildman–Crippen MR) is 74.5 cm³/mol. The van der Waals surface area contributed by atoms with E-state index in [9.17, 15) is 4.79 Å². The van der Waals surface area contributed by atoms with Crippen molar-refractivity contribution in [1.82, 2.24) is 5.32 Å². The van der Waals surface area contributed by atoms with Crippen molar-refractivity contribution in [3.8, 4) is 0 Å². The standard InChI is InChI=1S/C15H22BrNO/c16-9-15(1-2-15)17-13(18)14-6-10-3-11(7-14)5-12(4-10)8-14/h10-12H,1-9H2,(H,17,18). The molecule has 1 N–H and O–H groups in total. The van der Waals surface area contributed by atoms with Crippen LogP contribution in [0.15, 0.2) is 0 Å². The fourth-order valence-corrected chi connectivity index (χ4v) is 5.91.